The van der Waals surface area contributed by atoms with Gasteiger partial charge in [0, 0.05) is 57.2 Å². The molecule has 39 heavy (non-hydrogen) atoms. The van der Waals surface area contributed by atoms with Gasteiger partial charge in [-0.25, -0.2) is 19.8 Å². The number of aryl methyl sites for hydroxylation is 1. The number of furan rings is 1. The van der Waals surface area contributed by atoms with Gasteiger partial charge < -0.3 is 14.3 Å². The number of nitrogens with zero attached hydrogens (tertiary/aromatic N) is 8. The number of nitrogens with two attached hydrogens (primary N) is 1. The van der Waals surface area contributed by atoms with Crippen LogP contribution in [0.25, 0.3) is 16.7 Å². The minimum absolute atomic E-state index is 0.00941. The van der Waals surface area contributed by atoms with Gasteiger partial charge in [0.2, 0.25) is 5.78 Å². The fourth-order valence-electron chi connectivity index (χ4n) is 5.47. The number of amides is 1. The van der Waals surface area contributed by atoms with Gasteiger partial charge in [0.1, 0.15) is 23.8 Å². The maximum atomic E-state index is 13.2. The first kappa shape index (κ1) is 23.5. The van der Waals surface area contributed by atoms with Gasteiger partial charge in [-0.3, -0.25) is 24.3 Å². The molecule has 0 atom stereocenters. The zero-order valence-electron chi connectivity index (χ0n) is 21.4. The van der Waals surface area contributed by atoms with E-state index in [4.69, 9.17) is 15.2 Å². The van der Waals surface area contributed by atoms with Crippen LogP contribution in [0.3, 0.4) is 0 Å². The standard InChI is InChI=1S/C26H28N10O3/c1-31-26(38)34(25-30-23-22(36(25)31)21(28-16-35(23)27)20-7-4-14-39-20)13-10-32-8-11-33(12-9-32)24(37)19-15-17-5-2-3-6-18(17)29-19/h2-7,14-15,29H,8-13,16,27H2,1H3. The van der Waals surface area contributed by atoms with Gasteiger partial charge in [-0.2, -0.15) is 4.98 Å². The number of aliphatic imine (C=N–C) groups is 1. The molecule has 13 heteroatoms. The lowest BCUT2D eigenvalue weighted by Gasteiger charge is -2.34. The largest absolute Gasteiger partial charge is 0.463 e. The molecular weight excluding hydrogens is 500 g/mol. The van der Waals surface area contributed by atoms with E-state index in [-0.39, 0.29) is 18.3 Å². The molecule has 4 aromatic heterocycles. The molecule has 0 spiro atoms. The summed E-state index contributed by atoms with van der Waals surface area (Å²) in [6, 6.07) is 13.4. The molecule has 2 aliphatic rings. The van der Waals surface area contributed by atoms with Gasteiger partial charge in [-0.15, -0.1) is 0 Å². The minimum atomic E-state index is -0.180. The molecule has 1 saturated heterocycles. The second kappa shape index (κ2) is 8.99. The second-order valence-corrected chi connectivity index (χ2v) is 9.85. The van der Waals surface area contributed by atoms with Gasteiger partial charge in [0.25, 0.3) is 5.91 Å². The summed E-state index contributed by atoms with van der Waals surface area (Å²) in [7, 11) is 1.71. The van der Waals surface area contributed by atoms with E-state index >= 15 is 0 Å². The van der Waals surface area contributed by atoms with Crippen molar-refractivity contribution in [3.63, 3.8) is 0 Å². The maximum Gasteiger partial charge on any atom is 0.345 e. The van der Waals surface area contributed by atoms with E-state index in [0.29, 0.717) is 60.6 Å². The first-order valence-electron chi connectivity index (χ1n) is 12.9. The van der Waals surface area contributed by atoms with Crippen molar-refractivity contribution in [3.05, 3.63) is 76.4 Å². The summed E-state index contributed by atoms with van der Waals surface area (Å²) in [4.78, 5) is 43.0. The van der Waals surface area contributed by atoms with Crippen LogP contribution in [0.2, 0.25) is 0 Å². The van der Waals surface area contributed by atoms with Crippen molar-refractivity contribution in [2.45, 2.75) is 6.54 Å². The quantitative estimate of drug-likeness (QED) is 0.323. The molecule has 1 amide bonds. The highest BCUT2D eigenvalue weighted by Gasteiger charge is 2.31. The summed E-state index contributed by atoms with van der Waals surface area (Å²) in [6.45, 7) is 4.02. The third-order valence-electron chi connectivity index (χ3n) is 7.56. The fraction of sp³-hybridized carbons (Fsp3) is 0.308. The summed E-state index contributed by atoms with van der Waals surface area (Å²) < 4.78 is 10.5. The SMILES string of the molecule is Cn1c(=O)n(CCN2CCN(C(=O)c3cc4ccccc4[nH]3)CC2)c2nc3c(n21)C(c1ccco1)=NCN3N. The number of anilines is 1. The van der Waals surface area contributed by atoms with Gasteiger partial charge in [-0.05, 0) is 24.3 Å². The molecule has 1 fully saturated rings. The number of carbonyl (C=O) groups is 1. The lowest BCUT2D eigenvalue weighted by molar-refractivity contribution is 0.0628. The number of benzene rings is 1. The Hall–Kier alpha value is -4.62. The van der Waals surface area contributed by atoms with Gasteiger partial charge in [0.05, 0.1) is 6.26 Å². The number of fused-ring (bicyclic) bond motifs is 4. The molecule has 1 aromatic carbocycles. The number of rotatable bonds is 5. The number of hydrazine groups is 1. The van der Waals surface area contributed by atoms with Crippen molar-refractivity contribution in [2.75, 3.05) is 44.4 Å². The molecule has 7 rings (SSSR count). The van der Waals surface area contributed by atoms with Crippen molar-refractivity contribution in [3.8, 4) is 0 Å². The Morgan fingerprint density at radius 3 is 2.69 bits per heavy atom. The minimum Gasteiger partial charge on any atom is -0.463 e. The van der Waals surface area contributed by atoms with Crippen LogP contribution in [0.1, 0.15) is 21.9 Å². The summed E-state index contributed by atoms with van der Waals surface area (Å²) >= 11 is 0. The molecule has 6 heterocycles. The summed E-state index contributed by atoms with van der Waals surface area (Å²) in [5.41, 5.74) is 2.61. The van der Waals surface area contributed by atoms with Crippen LogP contribution in [0, 0.1) is 0 Å². The Bertz CT molecular complexity index is 1750. The Balaban J connectivity index is 1.08. The van der Waals surface area contributed by atoms with Crippen LogP contribution in [-0.2, 0) is 13.6 Å². The zero-order chi connectivity index (χ0) is 26.7. The predicted molar refractivity (Wildman–Crippen MR) is 145 cm³/mol. The molecule has 0 bridgehead atoms. The number of H-pyrrole nitrogens is 1. The molecule has 3 N–H and O–H groups in total. The topological polar surface area (TPSA) is 138 Å². The first-order valence-corrected chi connectivity index (χ1v) is 12.9. The molecular formula is C26H28N10O3. The highest BCUT2D eigenvalue weighted by atomic mass is 16.3. The molecule has 0 aliphatic carbocycles. The molecule has 13 nitrogen and oxygen atoms in total. The van der Waals surface area contributed by atoms with Crippen LogP contribution in [0.15, 0.2) is 62.9 Å². The Morgan fingerprint density at radius 2 is 1.92 bits per heavy atom. The molecule has 200 valence electrons. The van der Waals surface area contributed by atoms with E-state index < -0.39 is 0 Å². The Morgan fingerprint density at radius 1 is 1.10 bits per heavy atom. The predicted octanol–water partition coefficient (Wildman–Crippen LogP) is 0.855. The zero-order valence-corrected chi connectivity index (χ0v) is 21.4. The van der Waals surface area contributed by atoms with Crippen LogP contribution in [0.5, 0.6) is 0 Å². The van der Waals surface area contributed by atoms with Gasteiger partial charge >= 0.3 is 5.69 Å². The van der Waals surface area contributed by atoms with Crippen LogP contribution in [-0.4, -0.2) is 84.5 Å². The third kappa shape index (κ3) is 3.77. The molecule has 0 radical (unpaired) electrons. The van der Waals surface area contributed by atoms with Crippen LogP contribution in [0.4, 0.5) is 5.82 Å². The molecule has 0 unspecified atom stereocenters. The van der Waals surface area contributed by atoms with Crippen molar-refractivity contribution in [2.24, 2.45) is 17.9 Å². The fourth-order valence-corrected chi connectivity index (χ4v) is 5.47. The number of aromatic amines is 1. The van der Waals surface area contributed by atoms with E-state index in [2.05, 4.69) is 14.9 Å². The van der Waals surface area contributed by atoms with Crippen molar-refractivity contribution >= 4 is 34.1 Å². The van der Waals surface area contributed by atoms with Gasteiger partial charge in [0.15, 0.2) is 11.6 Å². The van der Waals surface area contributed by atoms with E-state index in [1.54, 1.807) is 28.5 Å². The molecule has 5 aromatic rings. The highest BCUT2D eigenvalue weighted by molar-refractivity contribution is 6.14. The summed E-state index contributed by atoms with van der Waals surface area (Å²) in [5, 5.41) is 2.49. The average molecular weight is 529 g/mol. The lowest BCUT2D eigenvalue weighted by atomic mass is 10.2. The molecule has 2 aliphatic heterocycles. The molecule has 0 saturated carbocycles. The highest BCUT2D eigenvalue weighted by Crippen LogP contribution is 2.27. The van der Waals surface area contributed by atoms with E-state index in [0.717, 1.165) is 24.0 Å². The number of hydrogen-bond donors (Lipinski definition) is 2. The normalized spacial score (nSPS) is 16.3. The third-order valence-corrected chi connectivity index (χ3v) is 7.56. The summed E-state index contributed by atoms with van der Waals surface area (Å²) in [5.74, 6) is 7.83. The number of carbonyl (C=O) groups excluding carboxylic acids is 1. The maximum absolute atomic E-state index is 13.2. The number of para-hydroxylation sites is 1. The number of imidazole rings is 1. The van der Waals surface area contributed by atoms with Crippen molar-refractivity contribution in [1.29, 1.82) is 0 Å². The smallest absolute Gasteiger partial charge is 0.345 e. The van der Waals surface area contributed by atoms with Crippen LogP contribution < -0.4 is 16.5 Å². The average Bonchev–Trinajstić information content (AvgIpc) is 3.74. The van der Waals surface area contributed by atoms with E-state index in [1.165, 1.54) is 9.69 Å². The second-order valence-electron chi connectivity index (χ2n) is 9.85. The number of nitrogens with one attached hydrogen (secondary N) is 1. The Labute approximate surface area is 222 Å². The van der Waals surface area contributed by atoms with Crippen molar-refractivity contribution < 1.29 is 9.21 Å². The Kier molecular flexibility index (Phi) is 5.42. The first-order chi connectivity index (χ1) is 19.0. The van der Waals surface area contributed by atoms with E-state index in [9.17, 15) is 9.59 Å². The lowest BCUT2D eigenvalue weighted by Crippen LogP contribution is -2.49. The van der Waals surface area contributed by atoms with Crippen molar-refractivity contribution in [1.82, 2.24) is 33.5 Å². The van der Waals surface area contributed by atoms with Crippen LogP contribution >= 0.6 is 0 Å². The number of aromatic nitrogens is 5. The van der Waals surface area contributed by atoms with Gasteiger partial charge in [-0.1, -0.05) is 18.2 Å². The van der Waals surface area contributed by atoms with E-state index in [1.807, 2.05) is 41.3 Å². The number of hydrogen-bond acceptors (Lipinski definition) is 8. The summed E-state index contributed by atoms with van der Waals surface area (Å²) in [6.07, 6.45) is 1.59. The monoisotopic (exact) mass is 528 g/mol. The number of piperazine rings is 1.